The van der Waals surface area contributed by atoms with Crippen molar-refractivity contribution in [3.05, 3.63) is 16.8 Å². The van der Waals surface area contributed by atoms with Gasteiger partial charge >= 0.3 is 0 Å². The molecule has 0 aliphatic carbocycles. The molecular weight excluding hydrogens is 232 g/mol. The van der Waals surface area contributed by atoms with Gasteiger partial charge in [-0.2, -0.15) is 10.2 Å². The summed E-state index contributed by atoms with van der Waals surface area (Å²) >= 11 is 2.93. The summed E-state index contributed by atoms with van der Waals surface area (Å²) < 4.78 is 5.01. The van der Waals surface area contributed by atoms with Crippen molar-refractivity contribution in [1.82, 2.24) is 15.1 Å². The predicted molar refractivity (Wildman–Crippen MR) is 57.2 cm³/mol. The van der Waals surface area contributed by atoms with Gasteiger partial charge in [0, 0.05) is 5.38 Å². The van der Waals surface area contributed by atoms with E-state index >= 15 is 0 Å². The van der Waals surface area contributed by atoms with Crippen molar-refractivity contribution in [2.75, 3.05) is 5.75 Å². The van der Waals surface area contributed by atoms with Crippen molar-refractivity contribution in [3.8, 4) is 17.6 Å². The lowest BCUT2D eigenvalue weighted by molar-refractivity contribution is 0.391. The predicted octanol–water partition coefficient (Wildman–Crippen LogP) is 1.95. The minimum atomic E-state index is 0.425. The van der Waals surface area contributed by atoms with Gasteiger partial charge in [-0.3, -0.25) is 0 Å². The highest BCUT2D eigenvalue weighted by atomic mass is 32.2. The molecule has 15 heavy (non-hydrogen) atoms. The van der Waals surface area contributed by atoms with E-state index in [-0.39, 0.29) is 0 Å². The summed E-state index contributed by atoms with van der Waals surface area (Å²) in [7, 11) is 0. The molecule has 0 saturated carbocycles. The van der Waals surface area contributed by atoms with E-state index in [4.69, 9.17) is 9.78 Å². The third-order valence-corrected chi connectivity index (χ3v) is 2.89. The molecule has 5 nitrogen and oxygen atoms in total. The van der Waals surface area contributed by atoms with Gasteiger partial charge in [0.2, 0.25) is 11.7 Å². The summed E-state index contributed by atoms with van der Waals surface area (Å²) in [4.78, 5) is 8.23. The molecule has 0 spiro atoms. The Balaban J connectivity index is 2.02. The molecule has 2 aromatic heterocycles. The Kier molecular flexibility index (Phi) is 3.32. The first-order chi connectivity index (χ1) is 7.40. The molecule has 0 atom stereocenters. The lowest BCUT2D eigenvalue weighted by Crippen LogP contribution is -1.83. The highest BCUT2D eigenvalue weighted by molar-refractivity contribution is 7.98. The van der Waals surface area contributed by atoms with Gasteiger partial charge < -0.3 is 4.52 Å². The number of thioether (sulfide) groups is 1. The monoisotopic (exact) mass is 238 g/mol. The van der Waals surface area contributed by atoms with E-state index < -0.39 is 0 Å². The smallest absolute Gasteiger partial charge is 0.237 e. The molecule has 0 aromatic carbocycles. The number of nitriles is 1. The fraction of sp³-hybridized carbons (Fsp3) is 0.250. The van der Waals surface area contributed by atoms with Crippen molar-refractivity contribution in [1.29, 1.82) is 5.26 Å². The Bertz CT molecular complexity index is 459. The first-order valence-electron chi connectivity index (χ1n) is 4.06. The second-order valence-corrected chi connectivity index (χ2v) is 4.24. The van der Waals surface area contributed by atoms with E-state index in [1.165, 1.54) is 23.1 Å². The lowest BCUT2D eigenvalue weighted by atomic mass is 10.5. The number of hydrogen-bond acceptors (Lipinski definition) is 7. The second-order valence-electron chi connectivity index (χ2n) is 2.54. The molecule has 2 heterocycles. The molecule has 0 fully saturated rings. The molecule has 0 aliphatic rings. The average Bonchev–Trinajstić information content (AvgIpc) is 2.87. The molecule has 0 N–H and O–H groups in total. The maximum Gasteiger partial charge on any atom is 0.237 e. The largest absolute Gasteiger partial charge is 0.338 e. The van der Waals surface area contributed by atoms with Crippen LogP contribution in [-0.2, 0) is 5.75 Å². The van der Waals surface area contributed by atoms with Crippen LogP contribution >= 0.6 is 23.1 Å². The molecule has 0 amide bonds. The molecule has 0 saturated heterocycles. The summed E-state index contributed by atoms with van der Waals surface area (Å²) in [6.45, 7) is 0. The van der Waals surface area contributed by atoms with Gasteiger partial charge in [-0.1, -0.05) is 5.16 Å². The van der Waals surface area contributed by atoms with Gasteiger partial charge in [0.25, 0.3) is 0 Å². The van der Waals surface area contributed by atoms with Crippen molar-refractivity contribution < 1.29 is 4.52 Å². The Morgan fingerprint density at radius 1 is 1.60 bits per heavy atom. The number of nitrogens with zero attached hydrogens (tertiary/aromatic N) is 4. The molecule has 0 aliphatic heterocycles. The zero-order valence-electron chi connectivity index (χ0n) is 7.58. The molecule has 0 radical (unpaired) electrons. The van der Waals surface area contributed by atoms with Gasteiger partial charge in [-0.15, -0.1) is 23.1 Å². The van der Waals surface area contributed by atoms with E-state index in [0.29, 0.717) is 23.2 Å². The van der Waals surface area contributed by atoms with Crippen LogP contribution in [0.3, 0.4) is 0 Å². The molecule has 0 bridgehead atoms. The minimum Gasteiger partial charge on any atom is -0.338 e. The first-order valence-corrected chi connectivity index (χ1v) is 6.15. The zero-order valence-corrected chi connectivity index (χ0v) is 9.22. The summed E-state index contributed by atoms with van der Waals surface area (Å²) in [5.41, 5.74) is 2.44. The van der Waals surface area contributed by atoms with Crippen molar-refractivity contribution >= 4 is 23.1 Å². The fourth-order valence-corrected chi connectivity index (χ4v) is 1.94. The zero-order chi connectivity index (χ0) is 10.5. The van der Waals surface area contributed by atoms with Gasteiger partial charge in [0.15, 0.2) is 0 Å². The maximum absolute atomic E-state index is 8.35. The molecule has 2 aromatic rings. The van der Waals surface area contributed by atoms with E-state index in [2.05, 4.69) is 15.1 Å². The quantitative estimate of drug-likeness (QED) is 0.758. The number of hydrogen-bond donors (Lipinski definition) is 0. The maximum atomic E-state index is 8.35. The van der Waals surface area contributed by atoms with Crippen LogP contribution in [0.25, 0.3) is 11.5 Å². The Morgan fingerprint density at radius 2 is 2.53 bits per heavy atom. The van der Waals surface area contributed by atoms with Crippen LogP contribution in [0.2, 0.25) is 0 Å². The Hall–Kier alpha value is -1.39. The van der Waals surface area contributed by atoms with E-state index in [1.807, 2.05) is 11.4 Å². The SMILES string of the molecule is N#CCSCc1nc(-c2cscn2)no1. The summed E-state index contributed by atoms with van der Waals surface area (Å²) in [5.74, 6) is 2.01. The lowest BCUT2D eigenvalue weighted by Gasteiger charge is -1.86. The van der Waals surface area contributed by atoms with Crippen LogP contribution in [-0.4, -0.2) is 20.9 Å². The van der Waals surface area contributed by atoms with Crippen LogP contribution in [0.5, 0.6) is 0 Å². The normalized spacial score (nSPS) is 10.1. The van der Waals surface area contributed by atoms with Crippen molar-refractivity contribution in [3.63, 3.8) is 0 Å². The number of rotatable bonds is 4. The number of aromatic nitrogens is 3. The highest BCUT2D eigenvalue weighted by Crippen LogP contribution is 2.17. The van der Waals surface area contributed by atoms with E-state index in [9.17, 15) is 0 Å². The molecule has 7 heteroatoms. The van der Waals surface area contributed by atoms with Crippen LogP contribution in [0.4, 0.5) is 0 Å². The van der Waals surface area contributed by atoms with Gasteiger partial charge in [0.05, 0.1) is 23.1 Å². The fourth-order valence-electron chi connectivity index (χ4n) is 0.924. The van der Waals surface area contributed by atoms with Gasteiger partial charge in [0.1, 0.15) is 5.69 Å². The average molecular weight is 238 g/mol. The highest BCUT2D eigenvalue weighted by Gasteiger charge is 2.09. The van der Waals surface area contributed by atoms with Crippen LogP contribution < -0.4 is 0 Å². The summed E-state index contributed by atoms with van der Waals surface area (Å²) in [5, 5.41) is 14.0. The van der Waals surface area contributed by atoms with Gasteiger partial charge in [-0.25, -0.2) is 4.98 Å². The Labute approximate surface area is 94.1 Å². The standard InChI is InChI=1S/C8H6N4OS2/c9-1-2-14-4-7-11-8(12-13-7)6-3-15-5-10-6/h3,5H,2,4H2. The molecule has 0 unspecified atom stereocenters. The van der Waals surface area contributed by atoms with Crippen molar-refractivity contribution in [2.24, 2.45) is 0 Å². The van der Waals surface area contributed by atoms with E-state index in [0.717, 1.165) is 5.69 Å². The number of thiazole rings is 1. The molecule has 76 valence electrons. The van der Waals surface area contributed by atoms with E-state index in [1.54, 1.807) is 5.51 Å². The summed E-state index contributed by atoms with van der Waals surface area (Å²) in [6.07, 6.45) is 0. The topological polar surface area (TPSA) is 75.6 Å². The van der Waals surface area contributed by atoms with Crippen LogP contribution in [0, 0.1) is 11.3 Å². The van der Waals surface area contributed by atoms with Gasteiger partial charge in [-0.05, 0) is 0 Å². The third kappa shape index (κ3) is 2.55. The molecule has 2 rings (SSSR count). The minimum absolute atomic E-state index is 0.425. The van der Waals surface area contributed by atoms with Crippen molar-refractivity contribution in [2.45, 2.75) is 5.75 Å². The third-order valence-electron chi connectivity index (χ3n) is 1.52. The summed E-state index contributed by atoms with van der Waals surface area (Å²) in [6, 6.07) is 2.03. The second kappa shape index (κ2) is 4.91. The molecular formula is C8H6N4OS2. The van der Waals surface area contributed by atoms with Crippen LogP contribution in [0.15, 0.2) is 15.4 Å². The Morgan fingerprint density at radius 3 is 3.27 bits per heavy atom. The van der Waals surface area contributed by atoms with Crippen LogP contribution in [0.1, 0.15) is 5.89 Å². The first kappa shape index (κ1) is 10.1.